The maximum Gasteiger partial charge on any atom is 0.280 e. The van der Waals surface area contributed by atoms with Gasteiger partial charge in [0.1, 0.15) is 4.88 Å². The Bertz CT molecular complexity index is 632. The Morgan fingerprint density at radius 1 is 1.05 bits per heavy atom. The molecule has 0 aliphatic heterocycles. The lowest BCUT2D eigenvalue weighted by atomic mass is 10.1. The zero-order chi connectivity index (χ0) is 13.9. The Balaban J connectivity index is 1.72. The molecule has 0 radical (unpaired) electrons. The van der Waals surface area contributed by atoms with Gasteiger partial charge in [-0.1, -0.05) is 30.3 Å². The van der Waals surface area contributed by atoms with E-state index in [0.29, 0.717) is 4.88 Å². The van der Waals surface area contributed by atoms with Gasteiger partial charge in [0.15, 0.2) is 0 Å². The number of nitrogens with one attached hydrogen (secondary N) is 2. The Hall–Kier alpha value is -2.14. The van der Waals surface area contributed by atoms with Gasteiger partial charge in [-0.3, -0.25) is 20.4 Å². The van der Waals surface area contributed by atoms with E-state index in [4.69, 9.17) is 0 Å². The van der Waals surface area contributed by atoms with Gasteiger partial charge in [-0.25, -0.2) is 0 Å². The number of hydrogen-bond donors (Lipinski definition) is 2. The molecule has 2 aromatic rings. The van der Waals surface area contributed by atoms with Crippen LogP contribution in [0.5, 0.6) is 0 Å². The maximum absolute atomic E-state index is 12.1. The first-order valence-electron chi connectivity index (χ1n) is 6.49. The van der Waals surface area contributed by atoms with Crippen LogP contribution in [0.15, 0.2) is 41.8 Å². The third kappa shape index (κ3) is 2.72. The molecular formula is C15H14N2O2S. The zero-order valence-corrected chi connectivity index (χ0v) is 11.6. The molecule has 102 valence electrons. The molecule has 0 unspecified atom stereocenters. The van der Waals surface area contributed by atoms with Gasteiger partial charge >= 0.3 is 0 Å². The standard InChI is InChI=1S/C15H14N2O2S/c18-14(11-6-7-11)16-17-15(19)13-12(8-9-20-13)10-4-2-1-3-5-10/h1-5,8-9,11H,6-7H2,(H,16,18)(H,17,19). The number of hydrogen-bond acceptors (Lipinski definition) is 3. The first kappa shape index (κ1) is 12.9. The summed E-state index contributed by atoms with van der Waals surface area (Å²) in [6.45, 7) is 0. The highest BCUT2D eigenvalue weighted by Crippen LogP contribution is 2.29. The number of rotatable bonds is 3. The minimum Gasteiger partial charge on any atom is -0.273 e. The molecule has 1 heterocycles. The normalized spacial score (nSPS) is 13.8. The molecular weight excluding hydrogens is 272 g/mol. The van der Waals surface area contributed by atoms with E-state index in [1.54, 1.807) is 0 Å². The molecule has 0 spiro atoms. The molecule has 0 saturated heterocycles. The summed E-state index contributed by atoms with van der Waals surface area (Å²) >= 11 is 1.36. The van der Waals surface area contributed by atoms with Crippen LogP contribution < -0.4 is 10.9 Å². The van der Waals surface area contributed by atoms with E-state index >= 15 is 0 Å². The van der Waals surface area contributed by atoms with Crippen molar-refractivity contribution in [2.24, 2.45) is 5.92 Å². The van der Waals surface area contributed by atoms with Crippen molar-refractivity contribution in [3.63, 3.8) is 0 Å². The van der Waals surface area contributed by atoms with Crippen LogP contribution in [-0.4, -0.2) is 11.8 Å². The lowest BCUT2D eigenvalue weighted by Crippen LogP contribution is -2.42. The highest BCUT2D eigenvalue weighted by molar-refractivity contribution is 7.12. The van der Waals surface area contributed by atoms with Gasteiger partial charge in [0.25, 0.3) is 5.91 Å². The van der Waals surface area contributed by atoms with Crippen molar-refractivity contribution in [3.8, 4) is 11.1 Å². The fraction of sp³-hybridized carbons (Fsp3) is 0.200. The van der Waals surface area contributed by atoms with Crippen LogP contribution in [0.3, 0.4) is 0 Å². The van der Waals surface area contributed by atoms with Crippen molar-refractivity contribution < 1.29 is 9.59 Å². The Morgan fingerprint density at radius 2 is 1.80 bits per heavy atom. The van der Waals surface area contributed by atoms with E-state index < -0.39 is 0 Å². The molecule has 2 N–H and O–H groups in total. The molecule has 1 aromatic carbocycles. The molecule has 1 saturated carbocycles. The predicted molar refractivity (Wildman–Crippen MR) is 78.1 cm³/mol. The van der Waals surface area contributed by atoms with Crippen LogP contribution in [0.25, 0.3) is 11.1 Å². The van der Waals surface area contributed by atoms with Crippen LogP contribution >= 0.6 is 11.3 Å². The van der Waals surface area contributed by atoms with Crippen molar-refractivity contribution in [1.82, 2.24) is 10.9 Å². The number of amides is 2. The highest BCUT2D eigenvalue weighted by atomic mass is 32.1. The Morgan fingerprint density at radius 3 is 2.50 bits per heavy atom. The molecule has 0 atom stereocenters. The Kier molecular flexibility index (Phi) is 3.52. The Labute approximate surface area is 120 Å². The van der Waals surface area contributed by atoms with E-state index in [9.17, 15) is 9.59 Å². The van der Waals surface area contributed by atoms with E-state index in [1.165, 1.54) is 11.3 Å². The van der Waals surface area contributed by atoms with Crippen LogP contribution in [0.1, 0.15) is 22.5 Å². The fourth-order valence-corrected chi connectivity index (χ4v) is 2.76. The minimum atomic E-state index is -0.271. The van der Waals surface area contributed by atoms with Crippen LogP contribution in [-0.2, 0) is 4.79 Å². The minimum absolute atomic E-state index is 0.0761. The second-order valence-electron chi connectivity index (χ2n) is 4.75. The molecule has 2 amide bonds. The molecule has 20 heavy (non-hydrogen) atoms. The lowest BCUT2D eigenvalue weighted by Gasteiger charge is -2.07. The summed E-state index contributed by atoms with van der Waals surface area (Å²) in [7, 11) is 0. The third-order valence-electron chi connectivity index (χ3n) is 3.20. The predicted octanol–water partition coefficient (Wildman–Crippen LogP) is 2.59. The summed E-state index contributed by atoms with van der Waals surface area (Å²) in [5.41, 5.74) is 6.84. The third-order valence-corrected chi connectivity index (χ3v) is 4.12. The van der Waals surface area contributed by atoms with Crippen molar-refractivity contribution >= 4 is 23.2 Å². The second-order valence-corrected chi connectivity index (χ2v) is 5.66. The largest absolute Gasteiger partial charge is 0.280 e. The average Bonchev–Trinajstić information content (AvgIpc) is 3.22. The summed E-state index contributed by atoms with van der Waals surface area (Å²) in [6.07, 6.45) is 1.83. The molecule has 4 nitrogen and oxygen atoms in total. The van der Waals surface area contributed by atoms with Crippen molar-refractivity contribution in [2.45, 2.75) is 12.8 Å². The summed E-state index contributed by atoms with van der Waals surface area (Å²) in [4.78, 5) is 24.2. The average molecular weight is 286 g/mol. The summed E-state index contributed by atoms with van der Waals surface area (Å²) < 4.78 is 0. The van der Waals surface area contributed by atoms with Crippen LogP contribution in [0.4, 0.5) is 0 Å². The van der Waals surface area contributed by atoms with Gasteiger partial charge in [-0.2, -0.15) is 0 Å². The van der Waals surface area contributed by atoms with Gasteiger partial charge in [0.05, 0.1) is 0 Å². The summed E-state index contributed by atoms with van der Waals surface area (Å²) in [6, 6.07) is 11.6. The SMILES string of the molecule is O=C(NNC(=O)C1CC1)c1sccc1-c1ccccc1. The number of carbonyl (C=O) groups excluding carboxylic acids is 2. The number of carbonyl (C=O) groups is 2. The van der Waals surface area contributed by atoms with E-state index in [0.717, 1.165) is 24.0 Å². The summed E-state index contributed by atoms with van der Waals surface area (Å²) in [5, 5.41) is 1.87. The molecule has 0 bridgehead atoms. The quantitative estimate of drug-likeness (QED) is 0.852. The molecule has 5 heteroatoms. The number of thiophene rings is 1. The smallest absolute Gasteiger partial charge is 0.273 e. The van der Waals surface area contributed by atoms with E-state index in [1.807, 2.05) is 41.8 Å². The van der Waals surface area contributed by atoms with Crippen LogP contribution in [0, 0.1) is 5.92 Å². The molecule has 1 aliphatic rings. The van der Waals surface area contributed by atoms with Gasteiger partial charge in [0, 0.05) is 11.5 Å². The summed E-state index contributed by atoms with van der Waals surface area (Å²) in [5.74, 6) is -0.295. The highest BCUT2D eigenvalue weighted by Gasteiger charge is 2.30. The van der Waals surface area contributed by atoms with Crippen molar-refractivity contribution in [2.75, 3.05) is 0 Å². The van der Waals surface area contributed by atoms with Gasteiger partial charge in [-0.05, 0) is 29.9 Å². The first-order chi connectivity index (χ1) is 9.75. The fourth-order valence-electron chi connectivity index (χ4n) is 1.95. The van der Waals surface area contributed by atoms with E-state index in [-0.39, 0.29) is 17.7 Å². The first-order valence-corrected chi connectivity index (χ1v) is 7.37. The van der Waals surface area contributed by atoms with Crippen molar-refractivity contribution in [1.29, 1.82) is 0 Å². The molecule has 1 fully saturated rings. The van der Waals surface area contributed by atoms with Crippen LogP contribution in [0.2, 0.25) is 0 Å². The zero-order valence-electron chi connectivity index (χ0n) is 10.8. The maximum atomic E-state index is 12.1. The topological polar surface area (TPSA) is 58.2 Å². The number of hydrazine groups is 1. The molecule has 3 rings (SSSR count). The monoisotopic (exact) mass is 286 g/mol. The van der Waals surface area contributed by atoms with Crippen molar-refractivity contribution in [3.05, 3.63) is 46.7 Å². The van der Waals surface area contributed by atoms with E-state index in [2.05, 4.69) is 10.9 Å². The molecule has 1 aromatic heterocycles. The van der Waals surface area contributed by atoms with Gasteiger partial charge in [0.2, 0.25) is 5.91 Å². The lowest BCUT2D eigenvalue weighted by molar-refractivity contribution is -0.123. The molecule has 1 aliphatic carbocycles. The van der Waals surface area contributed by atoms with Gasteiger partial charge < -0.3 is 0 Å². The number of benzene rings is 1. The van der Waals surface area contributed by atoms with Gasteiger partial charge in [-0.15, -0.1) is 11.3 Å². The second kappa shape index (κ2) is 5.46.